The Morgan fingerprint density at radius 1 is 1.24 bits per heavy atom. The van der Waals surface area contributed by atoms with Gasteiger partial charge in [0.05, 0.1) is 16.3 Å². The van der Waals surface area contributed by atoms with Crippen LogP contribution in [0, 0.1) is 12.7 Å². The summed E-state index contributed by atoms with van der Waals surface area (Å²) in [5.74, 6) is -0.183. The zero-order valence-corrected chi connectivity index (χ0v) is 13.2. The Morgan fingerprint density at radius 2 is 2.05 bits per heavy atom. The highest BCUT2D eigenvalue weighted by molar-refractivity contribution is 7.22. The molecule has 108 valence electrons. The molecular weight excluding hydrogens is 307 g/mol. The van der Waals surface area contributed by atoms with E-state index >= 15 is 0 Å². The van der Waals surface area contributed by atoms with Crippen LogP contribution in [-0.4, -0.2) is 4.98 Å². The molecule has 21 heavy (non-hydrogen) atoms. The lowest BCUT2D eigenvalue weighted by molar-refractivity contribution is 0.614. The molecule has 0 radical (unpaired) electrons. The number of hydrogen-bond acceptors (Lipinski definition) is 3. The summed E-state index contributed by atoms with van der Waals surface area (Å²) in [7, 11) is 0. The van der Waals surface area contributed by atoms with E-state index in [1.807, 2.05) is 31.2 Å². The molecule has 0 aliphatic carbocycles. The number of fused-ring (bicyclic) bond motifs is 1. The normalized spacial score (nSPS) is 12.6. The van der Waals surface area contributed by atoms with Gasteiger partial charge in [-0.25, -0.2) is 9.37 Å². The number of nitrogens with zero attached hydrogens (tertiary/aromatic N) is 1. The molecule has 0 saturated carbocycles. The van der Waals surface area contributed by atoms with Crippen LogP contribution >= 0.6 is 22.9 Å². The number of benzene rings is 2. The Labute approximate surface area is 131 Å². The maximum absolute atomic E-state index is 13.6. The monoisotopic (exact) mass is 320 g/mol. The van der Waals surface area contributed by atoms with Crippen molar-refractivity contribution >= 4 is 38.3 Å². The second-order valence-corrected chi connectivity index (χ2v) is 6.47. The van der Waals surface area contributed by atoms with E-state index in [0.717, 1.165) is 20.9 Å². The maximum Gasteiger partial charge on any atom is 0.184 e. The average molecular weight is 321 g/mol. The molecule has 0 aliphatic rings. The van der Waals surface area contributed by atoms with Crippen molar-refractivity contribution in [2.45, 2.75) is 19.9 Å². The third-order valence-corrected chi connectivity index (χ3v) is 4.57. The predicted molar refractivity (Wildman–Crippen MR) is 87.8 cm³/mol. The smallest absolute Gasteiger partial charge is 0.184 e. The van der Waals surface area contributed by atoms with Gasteiger partial charge in [-0.2, -0.15) is 0 Å². The fourth-order valence-electron chi connectivity index (χ4n) is 2.11. The number of halogens is 2. The van der Waals surface area contributed by atoms with E-state index in [9.17, 15) is 4.39 Å². The van der Waals surface area contributed by atoms with Crippen LogP contribution < -0.4 is 5.32 Å². The molecular formula is C16H14ClFN2S. The third-order valence-electron chi connectivity index (χ3n) is 3.39. The lowest BCUT2D eigenvalue weighted by Gasteiger charge is -2.13. The molecule has 1 heterocycles. The molecule has 2 nitrogen and oxygen atoms in total. The summed E-state index contributed by atoms with van der Waals surface area (Å²) in [6.45, 7) is 3.75. The molecule has 1 atom stereocenters. The fourth-order valence-corrected chi connectivity index (χ4v) is 3.34. The third kappa shape index (κ3) is 3.01. The quantitative estimate of drug-likeness (QED) is 0.682. The van der Waals surface area contributed by atoms with Crippen molar-refractivity contribution < 1.29 is 4.39 Å². The lowest BCUT2D eigenvalue weighted by atomic mass is 10.1. The standard InChI is InChI=1S/C16H14ClFN2S/c1-9-3-4-11(7-13(9)18)10(2)19-16-20-14-6-5-12(17)8-15(14)21-16/h3-8,10H,1-2H3,(H,19,20). The van der Waals surface area contributed by atoms with Crippen molar-refractivity contribution in [2.75, 3.05) is 5.32 Å². The first-order chi connectivity index (χ1) is 10.0. The molecule has 3 rings (SSSR count). The Balaban J connectivity index is 1.85. The predicted octanol–water partition coefficient (Wildman–Crippen LogP) is 5.57. The summed E-state index contributed by atoms with van der Waals surface area (Å²) < 4.78 is 14.7. The fraction of sp³-hybridized carbons (Fsp3) is 0.188. The summed E-state index contributed by atoms with van der Waals surface area (Å²) in [4.78, 5) is 4.51. The Kier molecular flexibility index (Phi) is 3.83. The first kappa shape index (κ1) is 14.3. The minimum Gasteiger partial charge on any atom is -0.355 e. The molecule has 2 aromatic carbocycles. The summed E-state index contributed by atoms with van der Waals surface area (Å²) in [5.41, 5.74) is 2.46. The van der Waals surface area contributed by atoms with Crippen LogP contribution in [0.1, 0.15) is 24.1 Å². The minimum atomic E-state index is -0.183. The van der Waals surface area contributed by atoms with Crippen LogP contribution in [0.15, 0.2) is 36.4 Å². The van der Waals surface area contributed by atoms with Crippen molar-refractivity contribution in [2.24, 2.45) is 0 Å². The first-order valence-corrected chi connectivity index (χ1v) is 7.81. The molecule has 0 amide bonds. The van der Waals surface area contributed by atoms with E-state index in [2.05, 4.69) is 10.3 Å². The van der Waals surface area contributed by atoms with Gasteiger partial charge in [0.2, 0.25) is 0 Å². The van der Waals surface area contributed by atoms with Gasteiger partial charge in [-0.15, -0.1) is 0 Å². The highest BCUT2D eigenvalue weighted by atomic mass is 35.5. The van der Waals surface area contributed by atoms with Crippen LogP contribution in [0.5, 0.6) is 0 Å². The number of nitrogens with one attached hydrogen (secondary N) is 1. The molecule has 0 aliphatic heterocycles. The summed E-state index contributed by atoms with van der Waals surface area (Å²) in [6, 6.07) is 10.9. The SMILES string of the molecule is Cc1ccc(C(C)Nc2nc3ccc(Cl)cc3s2)cc1F. The van der Waals surface area contributed by atoms with E-state index < -0.39 is 0 Å². The molecule has 3 aromatic rings. The van der Waals surface area contributed by atoms with Gasteiger partial charge in [0.1, 0.15) is 5.82 Å². The van der Waals surface area contributed by atoms with Crippen molar-refractivity contribution in [1.29, 1.82) is 0 Å². The van der Waals surface area contributed by atoms with E-state index in [-0.39, 0.29) is 11.9 Å². The molecule has 0 spiro atoms. The maximum atomic E-state index is 13.6. The van der Waals surface area contributed by atoms with Gasteiger partial charge in [-0.1, -0.05) is 35.1 Å². The van der Waals surface area contributed by atoms with Gasteiger partial charge in [-0.05, 0) is 49.2 Å². The molecule has 0 bridgehead atoms. The van der Waals surface area contributed by atoms with Crippen molar-refractivity contribution in [3.8, 4) is 0 Å². The van der Waals surface area contributed by atoms with E-state index in [4.69, 9.17) is 11.6 Å². The van der Waals surface area contributed by atoms with Gasteiger partial charge < -0.3 is 5.32 Å². The van der Waals surface area contributed by atoms with Gasteiger partial charge in [0, 0.05) is 5.02 Å². The van der Waals surface area contributed by atoms with Crippen molar-refractivity contribution in [3.05, 3.63) is 58.4 Å². The largest absolute Gasteiger partial charge is 0.355 e. The molecule has 1 aromatic heterocycles. The van der Waals surface area contributed by atoms with Crippen molar-refractivity contribution in [1.82, 2.24) is 4.98 Å². The lowest BCUT2D eigenvalue weighted by Crippen LogP contribution is -2.06. The molecule has 1 unspecified atom stereocenters. The molecule has 1 N–H and O–H groups in total. The average Bonchev–Trinajstić information content (AvgIpc) is 2.83. The Morgan fingerprint density at radius 3 is 2.81 bits per heavy atom. The zero-order chi connectivity index (χ0) is 15.0. The van der Waals surface area contributed by atoms with Crippen LogP contribution in [-0.2, 0) is 0 Å². The summed E-state index contributed by atoms with van der Waals surface area (Å²) in [5, 5.41) is 4.82. The molecule has 5 heteroatoms. The van der Waals surface area contributed by atoms with Gasteiger partial charge in [-0.3, -0.25) is 0 Å². The number of aromatic nitrogens is 1. The second-order valence-electron chi connectivity index (χ2n) is 5.01. The topological polar surface area (TPSA) is 24.9 Å². The number of thiazole rings is 1. The highest BCUT2D eigenvalue weighted by Gasteiger charge is 2.11. The van der Waals surface area contributed by atoms with Crippen LogP contribution in [0.2, 0.25) is 5.02 Å². The van der Waals surface area contributed by atoms with Crippen LogP contribution in [0.3, 0.4) is 0 Å². The van der Waals surface area contributed by atoms with Crippen molar-refractivity contribution in [3.63, 3.8) is 0 Å². The number of aryl methyl sites for hydroxylation is 1. The summed E-state index contributed by atoms with van der Waals surface area (Å²) >= 11 is 7.52. The Hall–Kier alpha value is -1.65. The zero-order valence-electron chi connectivity index (χ0n) is 11.7. The van der Waals surface area contributed by atoms with E-state index in [1.54, 1.807) is 30.4 Å². The minimum absolute atomic E-state index is 0.0175. The summed E-state index contributed by atoms with van der Waals surface area (Å²) in [6.07, 6.45) is 0. The van der Waals surface area contributed by atoms with Crippen LogP contribution in [0.4, 0.5) is 9.52 Å². The highest BCUT2D eigenvalue weighted by Crippen LogP contribution is 2.30. The van der Waals surface area contributed by atoms with Crippen LogP contribution in [0.25, 0.3) is 10.2 Å². The first-order valence-electron chi connectivity index (χ1n) is 6.61. The number of rotatable bonds is 3. The Bertz CT molecular complexity index is 800. The van der Waals surface area contributed by atoms with E-state index in [1.165, 1.54) is 0 Å². The van der Waals surface area contributed by atoms with Gasteiger partial charge in [0.25, 0.3) is 0 Å². The molecule has 0 fully saturated rings. The number of anilines is 1. The van der Waals surface area contributed by atoms with Gasteiger partial charge >= 0.3 is 0 Å². The second kappa shape index (κ2) is 5.62. The molecule has 0 saturated heterocycles. The van der Waals surface area contributed by atoms with Gasteiger partial charge in [0.15, 0.2) is 5.13 Å². The number of hydrogen-bond donors (Lipinski definition) is 1. The van der Waals surface area contributed by atoms with E-state index in [0.29, 0.717) is 10.6 Å².